The summed E-state index contributed by atoms with van der Waals surface area (Å²) in [5.41, 5.74) is 0.818. The first-order chi connectivity index (χ1) is 9.97. The van der Waals surface area contributed by atoms with E-state index in [0.29, 0.717) is 6.04 Å². The maximum Gasteiger partial charge on any atom is 0.159 e. The summed E-state index contributed by atoms with van der Waals surface area (Å²) in [5.74, 6) is 0.0461. The van der Waals surface area contributed by atoms with E-state index < -0.39 is 11.6 Å². The Hall–Kier alpha value is -0.960. The quantitative estimate of drug-likeness (QED) is 0.751. The van der Waals surface area contributed by atoms with Gasteiger partial charge in [0.05, 0.1) is 0 Å². The smallest absolute Gasteiger partial charge is 0.159 e. The number of hydrogen-bond acceptors (Lipinski definition) is 1. The van der Waals surface area contributed by atoms with E-state index in [1.807, 2.05) is 6.92 Å². The minimum atomic E-state index is -0.778. The van der Waals surface area contributed by atoms with Crippen LogP contribution in [0.5, 0.6) is 0 Å². The number of nitrogens with one attached hydrogen (secondary N) is 1. The molecule has 0 saturated heterocycles. The van der Waals surface area contributed by atoms with Gasteiger partial charge in [-0.25, -0.2) is 8.78 Å². The van der Waals surface area contributed by atoms with Gasteiger partial charge in [-0.15, -0.1) is 0 Å². The van der Waals surface area contributed by atoms with Crippen molar-refractivity contribution < 1.29 is 8.78 Å². The first-order valence-electron chi connectivity index (χ1n) is 8.18. The number of benzene rings is 1. The Morgan fingerprint density at radius 2 is 1.76 bits per heavy atom. The minimum Gasteiger partial charge on any atom is -0.307 e. The van der Waals surface area contributed by atoms with E-state index in [1.54, 1.807) is 6.07 Å². The molecule has 0 radical (unpaired) electrons. The van der Waals surface area contributed by atoms with E-state index in [4.69, 9.17) is 0 Å². The Kier molecular flexibility index (Phi) is 5.74. The standard InChI is InChI=1S/C18H27F2N/c1-12(2)14-5-4-6-16(9-7-14)21-13(3)15-8-10-17(19)18(20)11-15/h8,10-14,16,21H,4-7,9H2,1-3H3. The van der Waals surface area contributed by atoms with Gasteiger partial charge in [0.25, 0.3) is 0 Å². The summed E-state index contributed by atoms with van der Waals surface area (Å²) in [4.78, 5) is 0. The predicted molar refractivity (Wildman–Crippen MR) is 83.1 cm³/mol. The third kappa shape index (κ3) is 4.50. The van der Waals surface area contributed by atoms with Crippen molar-refractivity contribution in [2.24, 2.45) is 11.8 Å². The fraction of sp³-hybridized carbons (Fsp3) is 0.667. The van der Waals surface area contributed by atoms with E-state index in [0.717, 1.165) is 17.4 Å². The van der Waals surface area contributed by atoms with Crippen LogP contribution in [0.15, 0.2) is 18.2 Å². The van der Waals surface area contributed by atoms with Crippen LogP contribution in [0.4, 0.5) is 8.78 Å². The summed E-state index contributed by atoms with van der Waals surface area (Å²) in [6.07, 6.45) is 6.19. The fourth-order valence-electron chi connectivity index (χ4n) is 3.40. The molecule has 1 saturated carbocycles. The topological polar surface area (TPSA) is 12.0 Å². The second-order valence-corrected chi connectivity index (χ2v) is 6.77. The maximum absolute atomic E-state index is 13.3. The van der Waals surface area contributed by atoms with Crippen LogP contribution < -0.4 is 5.32 Å². The number of hydrogen-bond donors (Lipinski definition) is 1. The highest BCUT2D eigenvalue weighted by atomic mass is 19.2. The molecule has 3 atom stereocenters. The molecule has 1 nitrogen and oxygen atoms in total. The summed E-state index contributed by atoms with van der Waals surface area (Å²) in [6, 6.07) is 4.73. The van der Waals surface area contributed by atoms with Gasteiger partial charge in [0.2, 0.25) is 0 Å². The highest BCUT2D eigenvalue weighted by Crippen LogP contribution is 2.30. The van der Waals surface area contributed by atoms with Crippen LogP contribution in [0.1, 0.15) is 64.5 Å². The van der Waals surface area contributed by atoms with Crippen LogP contribution in [0.3, 0.4) is 0 Å². The van der Waals surface area contributed by atoms with Crippen molar-refractivity contribution in [1.29, 1.82) is 0 Å². The van der Waals surface area contributed by atoms with Gasteiger partial charge in [-0.3, -0.25) is 0 Å². The van der Waals surface area contributed by atoms with Crippen LogP contribution in [0.25, 0.3) is 0 Å². The van der Waals surface area contributed by atoms with Crippen molar-refractivity contribution in [2.75, 3.05) is 0 Å². The predicted octanol–water partition coefficient (Wildman–Crippen LogP) is 5.22. The third-order valence-electron chi connectivity index (χ3n) is 4.89. The molecule has 0 heterocycles. The Morgan fingerprint density at radius 3 is 2.43 bits per heavy atom. The summed E-state index contributed by atoms with van der Waals surface area (Å²) in [5, 5.41) is 3.59. The molecular weight excluding hydrogens is 268 g/mol. The van der Waals surface area contributed by atoms with Gasteiger partial charge in [-0.1, -0.05) is 32.8 Å². The fourth-order valence-corrected chi connectivity index (χ4v) is 3.40. The number of rotatable bonds is 4. The molecule has 2 rings (SSSR count). The Bertz CT molecular complexity index is 459. The van der Waals surface area contributed by atoms with E-state index in [9.17, 15) is 8.78 Å². The monoisotopic (exact) mass is 295 g/mol. The number of halogens is 2. The lowest BCUT2D eigenvalue weighted by atomic mass is 9.89. The van der Waals surface area contributed by atoms with Crippen LogP contribution in [-0.4, -0.2) is 6.04 Å². The first kappa shape index (κ1) is 16.4. The maximum atomic E-state index is 13.3. The zero-order valence-corrected chi connectivity index (χ0v) is 13.3. The summed E-state index contributed by atoms with van der Waals surface area (Å²) in [7, 11) is 0. The zero-order chi connectivity index (χ0) is 15.4. The largest absolute Gasteiger partial charge is 0.307 e. The molecule has 1 aromatic carbocycles. The van der Waals surface area contributed by atoms with Gasteiger partial charge in [0, 0.05) is 12.1 Å². The van der Waals surface area contributed by atoms with Crippen LogP contribution in [0.2, 0.25) is 0 Å². The molecule has 1 aliphatic carbocycles. The molecule has 118 valence electrons. The van der Waals surface area contributed by atoms with E-state index >= 15 is 0 Å². The molecule has 1 aromatic rings. The molecular formula is C18H27F2N. The van der Waals surface area contributed by atoms with Crippen LogP contribution in [-0.2, 0) is 0 Å². The normalized spacial score (nSPS) is 24.9. The molecule has 0 spiro atoms. The summed E-state index contributed by atoms with van der Waals surface area (Å²) < 4.78 is 26.3. The summed E-state index contributed by atoms with van der Waals surface area (Å²) in [6.45, 7) is 6.64. The minimum absolute atomic E-state index is 0.0562. The lowest BCUT2D eigenvalue weighted by molar-refractivity contribution is 0.335. The van der Waals surface area contributed by atoms with Gasteiger partial charge >= 0.3 is 0 Å². The van der Waals surface area contributed by atoms with Crippen molar-refractivity contribution in [1.82, 2.24) is 5.32 Å². The van der Waals surface area contributed by atoms with Gasteiger partial charge < -0.3 is 5.32 Å². The molecule has 0 aliphatic heterocycles. The van der Waals surface area contributed by atoms with Crippen molar-refractivity contribution in [3.05, 3.63) is 35.4 Å². The van der Waals surface area contributed by atoms with Crippen molar-refractivity contribution in [2.45, 2.75) is 65.0 Å². The molecule has 0 aromatic heterocycles. The third-order valence-corrected chi connectivity index (χ3v) is 4.89. The Balaban J connectivity index is 1.93. The molecule has 1 fully saturated rings. The average Bonchev–Trinajstić information content (AvgIpc) is 2.67. The summed E-state index contributed by atoms with van der Waals surface area (Å²) >= 11 is 0. The lowest BCUT2D eigenvalue weighted by Gasteiger charge is -2.23. The van der Waals surface area contributed by atoms with Gasteiger partial charge in [-0.2, -0.15) is 0 Å². The van der Waals surface area contributed by atoms with Crippen LogP contribution >= 0.6 is 0 Å². The molecule has 1 N–H and O–H groups in total. The molecule has 3 unspecified atom stereocenters. The highest BCUT2D eigenvalue weighted by Gasteiger charge is 2.22. The highest BCUT2D eigenvalue weighted by molar-refractivity contribution is 5.20. The zero-order valence-electron chi connectivity index (χ0n) is 13.3. The molecule has 1 aliphatic rings. The van der Waals surface area contributed by atoms with Gasteiger partial charge in [-0.05, 0) is 55.7 Å². The van der Waals surface area contributed by atoms with Crippen molar-refractivity contribution in [3.8, 4) is 0 Å². The van der Waals surface area contributed by atoms with Crippen molar-refractivity contribution >= 4 is 0 Å². The Labute approximate surface area is 127 Å². The second-order valence-electron chi connectivity index (χ2n) is 6.77. The van der Waals surface area contributed by atoms with E-state index in [2.05, 4.69) is 19.2 Å². The molecule has 0 amide bonds. The van der Waals surface area contributed by atoms with Gasteiger partial charge in [0.15, 0.2) is 11.6 Å². The average molecular weight is 295 g/mol. The van der Waals surface area contributed by atoms with Gasteiger partial charge in [0.1, 0.15) is 0 Å². The van der Waals surface area contributed by atoms with E-state index in [-0.39, 0.29) is 6.04 Å². The SMILES string of the molecule is CC(NC1CCCC(C(C)C)CC1)c1ccc(F)c(F)c1. The van der Waals surface area contributed by atoms with Crippen LogP contribution in [0, 0.1) is 23.5 Å². The molecule has 0 bridgehead atoms. The molecule has 3 heteroatoms. The second kappa shape index (κ2) is 7.35. The lowest BCUT2D eigenvalue weighted by Crippen LogP contribution is -2.31. The Morgan fingerprint density at radius 1 is 1.00 bits per heavy atom. The van der Waals surface area contributed by atoms with E-state index in [1.165, 1.54) is 44.2 Å². The van der Waals surface area contributed by atoms with Crippen molar-refractivity contribution in [3.63, 3.8) is 0 Å². The first-order valence-corrected chi connectivity index (χ1v) is 8.18. The molecule has 21 heavy (non-hydrogen) atoms.